The first-order chi connectivity index (χ1) is 8.17. The van der Waals surface area contributed by atoms with Gasteiger partial charge >= 0.3 is 6.16 Å². The Balaban J connectivity index is 2.79. The van der Waals surface area contributed by atoms with Gasteiger partial charge in [0.15, 0.2) is 18.3 Å². The Hall–Kier alpha value is -1.82. The van der Waals surface area contributed by atoms with Gasteiger partial charge in [0.25, 0.3) is 0 Å². The van der Waals surface area contributed by atoms with Crippen molar-refractivity contribution in [2.45, 2.75) is 6.92 Å². The minimum atomic E-state index is -0.916. The summed E-state index contributed by atoms with van der Waals surface area (Å²) >= 11 is 0. The van der Waals surface area contributed by atoms with Gasteiger partial charge in [-0.2, -0.15) is 0 Å². The highest BCUT2D eigenvalue weighted by atomic mass is 19.1. The summed E-state index contributed by atoms with van der Waals surface area (Å²) in [6.07, 6.45) is -0.916. The Labute approximate surface area is 98.0 Å². The minimum Gasteiger partial charge on any atom is -0.464 e. The molecule has 0 saturated heterocycles. The fourth-order valence-corrected chi connectivity index (χ4v) is 1.04. The van der Waals surface area contributed by atoms with Crippen LogP contribution in [-0.4, -0.2) is 26.7 Å². The first-order valence-electron chi connectivity index (χ1n) is 4.93. The number of ether oxygens (including phenoxy) is 4. The maximum atomic E-state index is 13.0. The average Bonchev–Trinajstić information content (AvgIpc) is 2.28. The monoisotopic (exact) mass is 244 g/mol. The Morgan fingerprint density at radius 1 is 1.35 bits per heavy atom. The van der Waals surface area contributed by atoms with Gasteiger partial charge in [0.2, 0.25) is 0 Å². The summed E-state index contributed by atoms with van der Waals surface area (Å²) in [6, 6.07) is 3.55. The average molecular weight is 244 g/mol. The molecule has 94 valence electrons. The summed E-state index contributed by atoms with van der Waals surface area (Å²) in [5.74, 6) is -0.407. The van der Waals surface area contributed by atoms with Crippen LogP contribution in [0, 0.1) is 5.82 Å². The molecule has 0 saturated carbocycles. The summed E-state index contributed by atoms with van der Waals surface area (Å²) < 4.78 is 32.1. The summed E-state index contributed by atoms with van der Waals surface area (Å²) in [5.41, 5.74) is 0. The highest BCUT2D eigenvalue weighted by Gasteiger charge is 2.12. The lowest BCUT2D eigenvalue weighted by Gasteiger charge is -2.10. The van der Waals surface area contributed by atoms with E-state index >= 15 is 0 Å². The molecule has 0 bridgehead atoms. The van der Waals surface area contributed by atoms with Crippen molar-refractivity contribution < 1.29 is 28.1 Å². The topological polar surface area (TPSA) is 54.0 Å². The molecule has 0 aliphatic rings. The quantitative estimate of drug-likeness (QED) is 0.452. The normalized spacial score (nSPS) is 9.82. The zero-order valence-electron chi connectivity index (χ0n) is 9.57. The third-order valence-electron chi connectivity index (χ3n) is 1.69. The molecule has 0 aromatic heterocycles. The van der Waals surface area contributed by atoms with Crippen molar-refractivity contribution in [1.29, 1.82) is 0 Å². The van der Waals surface area contributed by atoms with Gasteiger partial charge in [-0.05, 0) is 19.1 Å². The molecule has 0 aliphatic carbocycles. The molecule has 0 aliphatic heterocycles. The van der Waals surface area contributed by atoms with E-state index in [1.165, 1.54) is 19.2 Å². The first-order valence-corrected chi connectivity index (χ1v) is 4.93. The maximum absolute atomic E-state index is 13.0. The Morgan fingerprint density at radius 2 is 2.12 bits per heavy atom. The Morgan fingerprint density at radius 3 is 2.76 bits per heavy atom. The maximum Gasteiger partial charge on any atom is 0.513 e. The molecule has 0 spiro atoms. The second-order valence-electron chi connectivity index (χ2n) is 2.93. The van der Waals surface area contributed by atoms with Gasteiger partial charge in [0.1, 0.15) is 5.82 Å². The molecule has 17 heavy (non-hydrogen) atoms. The van der Waals surface area contributed by atoms with E-state index in [1.54, 1.807) is 6.92 Å². The molecule has 0 heterocycles. The fourth-order valence-electron chi connectivity index (χ4n) is 1.04. The smallest absolute Gasteiger partial charge is 0.464 e. The number of halogens is 1. The van der Waals surface area contributed by atoms with E-state index in [2.05, 4.69) is 4.74 Å². The van der Waals surface area contributed by atoms with Crippen molar-refractivity contribution in [2.24, 2.45) is 0 Å². The third kappa shape index (κ3) is 4.28. The molecule has 1 aromatic rings. The van der Waals surface area contributed by atoms with Crippen LogP contribution in [0.4, 0.5) is 9.18 Å². The summed E-state index contributed by atoms with van der Waals surface area (Å²) in [5, 5.41) is 0. The number of carbonyl (C=O) groups is 1. The van der Waals surface area contributed by atoms with Crippen molar-refractivity contribution in [3.63, 3.8) is 0 Å². The molecular formula is C11H13FO5. The second-order valence-corrected chi connectivity index (χ2v) is 2.93. The van der Waals surface area contributed by atoms with Gasteiger partial charge in [0.05, 0.1) is 6.61 Å². The van der Waals surface area contributed by atoms with Crippen LogP contribution in [0.1, 0.15) is 6.92 Å². The van der Waals surface area contributed by atoms with Crippen LogP contribution in [0.2, 0.25) is 0 Å². The van der Waals surface area contributed by atoms with Crippen molar-refractivity contribution >= 4 is 6.16 Å². The number of carbonyl (C=O) groups excluding carboxylic acids is 1. The molecule has 0 atom stereocenters. The summed E-state index contributed by atoms with van der Waals surface area (Å²) in [4.78, 5) is 11.1. The van der Waals surface area contributed by atoms with Gasteiger partial charge in [-0.1, -0.05) is 0 Å². The largest absolute Gasteiger partial charge is 0.513 e. The SMILES string of the molecule is CCOC(=O)Oc1cc(F)ccc1OCOC. The lowest BCUT2D eigenvalue weighted by Crippen LogP contribution is -2.11. The van der Waals surface area contributed by atoms with Crippen LogP contribution in [0.5, 0.6) is 11.5 Å². The minimum absolute atomic E-state index is 0.0369. The molecular weight excluding hydrogens is 231 g/mol. The van der Waals surface area contributed by atoms with Crippen LogP contribution in [0.25, 0.3) is 0 Å². The lowest BCUT2D eigenvalue weighted by atomic mass is 10.3. The second kappa shape index (κ2) is 6.70. The molecule has 0 radical (unpaired) electrons. The Bertz CT molecular complexity index is 380. The van der Waals surface area contributed by atoms with E-state index in [9.17, 15) is 9.18 Å². The highest BCUT2D eigenvalue weighted by molar-refractivity contribution is 5.65. The zero-order valence-corrected chi connectivity index (χ0v) is 9.57. The molecule has 0 unspecified atom stereocenters. The van der Waals surface area contributed by atoms with Crippen molar-refractivity contribution in [3.8, 4) is 11.5 Å². The van der Waals surface area contributed by atoms with E-state index in [1.807, 2.05) is 0 Å². The fraction of sp³-hybridized carbons (Fsp3) is 0.364. The number of rotatable bonds is 5. The molecule has 0 N–H and O–H groups in total. The highest BCUT2D eigenvalue weighted by Crippen LogP contribution is 2.28. The van der Waals surface area contributed by atoms with E-state index in [4.69, 9.17) is 14.2 Å². The van der Waals surface area contributed by atoms with Crippen LogP contribution in [0.3, 0.4) is 0 Å². The molecule has 1 aromatic carbocycles. The lowest BCUT2D eigenvalue weighted by molar-refractivity contribution is 0.0474. The van der Waals surface area contributed by atoms with Crippen LogP contribution < -0.4 is 9.47 Å². The van der Waals surface area contributed by atoms with Gasteiger partial charge < -0.3 is 18.9 Å². The van der Waals surface area contributed by atoms with E-state index in [0.29, 0.717) is 0 Å². The van der Waals surface area contributed by atoms with Crippen LogP contribution in [-0.2, 0) is 9.47 Å². The van der Waals surface area contributed by atoms with Gasteiger partial charge in [0, 0.05) is 13.2 Å². The molecule has 6 heteroatoms. The van der Waals surface area contributed by atoms with E-state index < -0.39 is 12.0 Å². The van der Waals surface area contributed by atoms with E-state index in [-0.39, 0.29) is 24.9 Å². The zero-order chi connectivity index (χ0) is 12.7. The van der Waals surface area contributed by atoms with Gasteiger partial charge in [-0.15, -0.1) is 0 Å². The first kappa shape index (κ1) is 13.2. The van der Waals surface area contributed by atoms with Crippen molar-refractivity contribution in [1.82, 2.24) is 0 Å². The van der Waals surface area contributed by atoms with Crippen molar-refractivity contribution in [3.05, 3.63) is 24.0 Å². The summed E-state index contributed by atoms with van der Waals surface area (Å²) in [6.45, 7) is 1.77. The third-order valence-corrected chi connectivity index (χ3v) is 1.69. The number of benzene rings is 1. The standard InChI is InChI=1S/C11H13FO5/c1-3-15-11(13)17-10-6-8(12)4-5-9(10)16-7-14-2/h4-6H,3,7H2,1-2H3. The predicted molar refractivity (Wildman–Crippen MR) is 56.6 cm³/mol. The molecule has 1 rings (SSSR count). The number of methoxy groups -OCH3 is 1. The summed E-state index contributed by atoms with van der Waals surface area (Å²) in [7, 11) is 1.44. The van der Waals surface area contributed by atoms with Crippen molar-refractivity contribution in [2.75, 3.05) is 20.5 Å². The molecule has 0 fully saturated rings. The van der Waals surface area contributed by atoms with Crippen LogP contribution in [0.15, 0.2) is 18.2 Å². The molecule has 5 nitrogen and oxygen atoms in total. The number of hydrogen-bond donors (Lipinski definition) is 0. The van der Waals surface area contributed by atoms with Crippen LogP contribution >= 0.6 is 0 Å². The van der Waals surface area contributed by atoms with Gasteiger partial charge in [-0.3, -0.25) is 0 Å². The predicted octanol–water partition coefficient (Wildman–Crippen LogP) is 2.34. The van der Waals surface area contributed by atoms with E-state index in [0.717, 1.165) is 6.07 Å². The van der Waals surface area contributed by atoms with Gasteiger partial charge in [-0.25, -0.2) is 9.18 Å². The molecule has 0 amide bonds. The Kier molecular flexibility index (Phi) is 5.22. The number of hydrogen-bond acceptors (Lipinski definition) is 5.